The first-order chi connectivity index (χ1) is 8.78. The minimum atomic E-state index is -1.09. The normalized spacial score (nSPS) is 11.9. The Hall–Kier alpha value is -1.75. The quantitative estimate of drug-likeness (QED) is 0.896. The summed E-state index contributed by atoms with van der Waals surface area (Å²) in [5.74, 6) is -1.09. The standard InChI is InChI=1S/C14H19NO4.ClH/c1-14(2,3)19-13(18)15-11(12(16)17)9-10-7-5-4-6-8-10;/h4-8,11H,9H2,1-3H3,(H,15,18)(H,16,17);1H/t11-;/m0./s1. The van der Waals surface area contributed by atoms with E-state index in [1.54, 1.807) is 20.8 Å². The highest BCUT2D eigenvalue weighted by Gasteiger charge is 2.23. The van der Waals surface area contributed by atoms with Gasteiger partial charge in [-0.15, -0.1) is 12.4 Å². The van der Waals surface area contributed by atoms with E-state index in [1.807, 2.05) is 30.3 Å². The molecule has 5 nitrogen and oxygen atoms in total. The zero-order valence-electron chi connectivity index (χ0n) is 11.8. The molecule has 0 aromatic heterocycles. The van der Waals surface area contributed by atoms with Crippen LogP contribution in [0.3, 0.4) is 0 Å². The monoisotopic (exact) mass is 301 g/mol. The van der Waals surface area contributed by atoms with Crippen LogP contribution >= 0.6 is 12.4 Å². The summed E-state index contributed by atoms with van der Waals surface area (Å²) in [6.45, 7) is 5.17. The number of halogens is 1. The molecule has 0 radical (unpaired) electrons. The fraction of sp³-hybridized carbons (Fsp3) is 0.429. The highest BCUT2D eigenvalue weighted by atomic mass is 35.5. The summed E-state index contributed by atoms with van der Waals surface area (Å²) in [5, 5.41) is 11.5. The molecule has 112 valence electrons. The molecule has 2 N–H and O–H groups in total. The molecular formula is C14H20ClNO4. The molecule has 0 saturated carbocycles. The number of carbonyl (C=O) groups is 2. The third-order valence-corrected chi connectivity index (χ3v) is 2.27. The van der Waals surface area contributed by atoms with Crippen molar-refractivity contribution in [1.29, 1.82) is 0 Å². The van der Waals surface area contributed by atoms with Gasteiger partial charge < -0.3 is 15.2 Å². The predicted molar refractivity (Wildman–Crippen MR) is 78.2 cm³/mol. The minimum absolute atomic E-state index is 0. The maximum atomic E-state index is 11.6. The number of hydrogen-bond acceptors (Lipinski definition) is 3. The van der Waals surface area contributed by atoms with Crippen LogP contribution < -0.4 is 5.32 Å². The summed E-state index contributed by atoms with van der Waals surface area (Å²) in [6.07, 6.45) is -0.508. The van der Waals surface area contributed by atoms with Gasteiger partial charge in [0.15, 0.2) is 0 Å². The van der Waals surface area contributed by atoms with E-state index >= 15 is 0 Å². The Morgan fingerprint density at radius 2 is 1.80 bits per heavy atom. The fourth-order valence-electron chi connectivity index (χ4n) is 1.50. The van der Waals surface area contributed by atoms with Gasteiger partial charge in [-0.2, -0.15) is 0 Å². The molecule has 0 bridgehead atoms. The Labute approximate surface area is 124 Å². The Morgan fingerprint density at radius 1 is 1.25 bits per heavy atom. The molecule has 1 aromatic carbocycles. The Kier molecular flexibility index (Phi) is 7.07. The van der Waals surface area contributed by atoms with Crippen molar-refractivity contribution in [2.24, 2.45) is 0 Å². The first kappa shape index (κ1) is 18.2. The van der Waals surface area contributed by atoms with E-state index in [0.717, 1.165) is 5.56 Å². The second kappa shape index (κ2) is 7.75. The van der Waals surface area contributed by atoms with E-state index < -0.39 is 23.7 Å². The molecule has 6 heteroatoms. The number of aliphatic carboxylic acids is 1. The van der Waals surface area contributed by atoms with Crippen LogP contribution in [0, 0.1) is 0 Å². The van der Waals surface area contributed by atoms with Gasteiger partial charge in [0.1, 0.15) is 11.6 Å². The molecular weight excluding hydrogens is 282 g/mol. The predicted octanol–water partition coefficient (Wildman–Crippen LogP) is 2.63. The van der Waals surface area contributed by atoms with Crippen molar-refractivity contribution in [2.45, 2.75) is 38.8 Å². The lowest BCUT2D eigenvalue weighted by molar-refractivity contribution is -0.139. The summed E-state index contributed by atoms with van der Waals surface area (Å²) in [4.78, 5) is 22.7. The van der Waals surface area contributed by atoms with Crippen LogP contribution in [-0.4, -0.2) is 28.8 Å². The number of benzene rings is 1. The van der Waals surface area contributed by atoms with Crippen LogP contribution in [0.4, 0.5) is 4.79 Å². The molecule has 0 fully saturated rings. The zero-order valence-corrected chi connectivity index (χ0v) is 12.6. The van der Waals surface area contributed by atoms with Crippen molar-refractivity contribution in [2.75, 3.05) is 0 Å². The van der Waals surface area contributed by atoms with Crippen molar-refractivity contribution < 1.29 is 19.4 Å². The van der Waals surface area contributed by atoms with Crippen molar-refractivity contribution in [1.82, 2.24) is 5.32 Å². The third kappa shape index (κ3) is 6.99. The first-order valence-corrected chi connectivity index (χ1v) is 6.04. The second-order valence-electron chi connectivity index (χ2n) is 5.23. The van der Waals surface area contributed by atoms with Gasteiger partial charge in [-0.1, -0.05) is 30.3 Å². The Morgan fingerprint density at radius 3 is 2.25 bits per heavy atom. The fourth-order valence-corrected chi connectivity index (χ4v) is 1.50. The van der Waals surface area contributed by atoms with Gasteiger partial charge >= 0.3 is 12.1 Å². The average Bonchev–Trinajstić information content (AvgIpc) is 2.26. The van der Waals surface area contributed by atoms with Gasteiger partial charge in [-0.25, -0.2) is 9.59 Å². The lowest BCUT2D eigenvalue weighted by Gasteiger charge is -2.22. The molecule has 1 aromatic rings. The molecule has 0 saturated heterocycles. The maximum Gasteiger partial charge on any atom is 0.408 e. The maximum absolute atomic E-state index is 11.6. The van der Waals surface area contributed by atoms with Crippen molar-refractivity contribution in [3.8, 4) is 0 Å². The number of ether oxygens (including phenoxy) is 1. The minimum Gasteiger partial charge on any atom is -0.480 e. The van der Waals surface area contributed by atoms with E-state index in [4.69, 9.17) is 9.84 Å². The largest absolute Gasteiger partial charge is 0.480 e. The number of carboxylic acids is 1. The van der Waals surface area contributed by atoms with Crippen LogP contribution in [0.1, 0.15) is 26.3 Å². The molecule has 1 amide bonds. The number of rotatable bonds is 4. The van der Waals surface area contributed by atoms with Crippen molar-refractivity contribution in [3.05, 3.63) is 35.9 Å². The van der Waals surface area contributed by atoms with Gasteiger partial charge in [0.25, 0.3) is 0 Å². The number of carboxylic acid groups (broad SMARTS) is 1. The van der Waals surface area contributed by atoms with Gasteiger partial charge in [0.2, 0.25) is 0 Å². The highest BCUT2D eigenvalue weighted by molar-refractivity contribution is 5.85. The second-order valence-corrected chi connectivity index (χ2v) is 5.23. The first-order valence-electron chi connectivity index (χ1n) is 6.04. The van der Waals surface area contributed by atoms with Crippen LogP contribution in [0.25, 0.3) is 0 Å². The summed E-state index contributed by atoms with van der Waals surface area (Å²) >= 11 is 0. The molecule has 0 spiro atoms. The molecule has 0 aliphatic rings. The zero-order chi connectivity index (χ0) is 14.5. The number of hydrogen-bond donors (Lipinski definition) is 2. The van der Waals surface area contributed by atoms with Crippen LogP contribution in [0.15, 0.2) is 30.3 Å². The van der Waals surface area contributed by atoms with Crippen molar-refractivity contribution >= 4 is 24.5 Å². The van der Waals surface area contributed by atoms with Gasteiger partial charge in [0.05, 0.1) is 0 Å². The Balaban J connectivity index is 0.00000361. The molecule has 0 heterocycles. The topological polar surface area (TPSA) is 75.6 Å². The van der Waals surface area contributed by atoms with Crippen molar-refractivity contribution in [3.63, 3.8) is 0 Å². The molecule has 20 heavy (non-hydrogen) atoms. The van der Waals surface area contributed by atoms with E-state index in [0.29, 0.717) is 0 Å². The number of carbonyl (C=O) groups excluding carboxylic acids is 1. The molecule has 0 aliphatic heterocycles. The lowest BCUT2D eigenvalue weighted by Crippen LogP contribution is -2.44. The summed E-state index contributed by atoms with van der Waals surface area (Å²) in [7, 11) is 0. The van der Waals surface area contributed by atoms with E-state index in [2.05, 4.69) is 5.32 Å². The number of nitrogens with one attached hydrogen (secondary N) is 1. The van der Waals surface area contributed by atoms with Gasteiger partial charge in [-0.05, 0) is 26.3 Å². The third-order valence-electron chi connectivity index (χ3n) is 2.27. The SMILES string of the molecule is CC(C)(C)OC(=O)N[C@@H](Cc1ccccc1)C(=O)O.Cl. The summed E-state index contributed by atoms with van der Waals surface area (Å²) in [5.41, 5.74) is 0.186. The van der Waals surface area contributed by atoms with E-state index in [1.165, 1.54) is 0 Å². The average molecular weight is 302 g/mol. The summed E-state index contributed by atoms with van der Waals surface area (Å²) in [6, 6.07) is 8.11. The summed E-state index contributed by atoms with van der Waals surface area (Å²) < 4.78 is 5.04. The molecule has 0 aliphatic carbocycles. The Bertz CT molecular complexity index is 442. The molecule has 0 unspecified atom stereocenters. The number of amides is 1. The van der Waals surface area contributed by atoms with E-state index in [9.17, 15) is 9.59 Å². The number of alkyl carbamates (subject to hydrolysis) is 1. The van der Waals surface area contributed by atoms with Gasteiger partial charge in [-0.3, -0.25) is 0 Å². The molecule has 1 atom stereocenters. The van der Waals surface area contributed by atoms with Gasteiger partial charge in [0, 0.05) is 6.42 Å². The van der Waals surface area contributed by atoms with Crippen LogP contribution in [0.5, 0.6) is 0 Å². The smallest absolute Gasteiger partial charge is 0.408 e. The van der Waals surface area contributed by atoms with E-state index in [-0.39, 0.29) is 18.8 Å². The highest BCUT2D eigenvalue weighted by Crippen LogP contribution is 2.08. The lowest BCUT2D eigenvalue weighted by atomic mass is 10.1. The molecule has 1 rings (SSSR count). The van der Waals surface area contributed by atoms with Crippen LogP contribution in [0.2, 0.25) is 0 Å². The van der Waals surface area contributed by atoms with Crippen LogP contribution in [-0.2, 0) is 16.0 Å².